The molecule has 0 aliphatic heterocycles. The van der Waals surface area contributed by atoms with Gasteiger partial charge in [0.2, 0.25) is 6.54 Å². The minimum absolute atomic E-state index is 0.320. The Morgan fingerprint density at radius 3 is 2.22 bits per heavy atom. The van der Waals surface area contributed by atoms with E-state index >= 15 is 0 Å². The summed E-state index contributed by atoms with van der Waals surface area (Å²) in [6.07, 6.45) is 3.22. The molecule has 7 nitrogen and oxygen atoms in total. The molecule has 0 spiro atoms. The van der Waals surface area contributed by atoms with E-state index in [1.807, 2.05) is 24.3 Å². The first-order chi connectivity index (χ1) is 12.9. The Hall–Kier alpha value is -2.48. The third-order valence-corrected chi connectivity index (χ3v) is 4.80. The zero-order valence-corrected chi connectivity index (χ0v) is 17.1. The first kappa shape index (κ1) is 20.8. The minimum atomic E-state index is -1.21. The van der Waals surface area contributed by atoms with Crippen LogP contribution in [0.5, 0.6) is 0 Å². The largest absolute Gasteiger partial charge is 0.294 e. The fourth-order valence-electron chi connectivity index (χ4n) is 2.42. The smallest absolute Gasteiger partial charge is 0.210 e. The summed E-state index contributed by atoms with van der Waals surface area (Å²) in [4.78, 5) is 26.1. The molecule has 138 valence electrons. The van der Waals surface area contributed by atoms with Crippen LogP contribution in [0.1, 0.15) is 15.9 Å². The van der Waals surface area contributed by atoms with Crippen LogP contribution >= 0.6 is 31.9 Å². The van der Waals surface area contributed by atoms with Crippen molar-refractivity contribution < 1.29 is 9.72 Å². The van der Waals surface area contributed by atoms with Crippen molar-refractivity contribution in [1.82, 2.24) is 0 Å². The van der Waals surface area contributed by atoms with Gasteiger partial charge in [-0.05, 0) is 35.4 Å². The van der Waals surface area contributed by atoms with Crippen molar-refractivity contribution in [1.29, 1.82) is 0 Å². The third-order valence-electron chi connectivity index (χ3n) is 3.74. The average Bonchev–Trinajstić information content (AvgIpc) is 2.64. The summed E-state index contributed by atoms with van der Waals surface area (Å²) in [7, 11) is 0. The van der Waals surface area contributed by atoms with Gasteiger partial charge in [-0.2, -0.15) is 0 Å². The average molecular weight is 494 g/mol. The van der Waals surface area contributed by atoms with Gasteiger partial charge in [-0.15, -0.1) is 0 Å². The molecule has 0 unspecified atom stereocenters. The highest BCUT2D eigenvalue weighted by atomic mass is 79.9. The van der Waals surface area contributed by atoms with E-state index in [9.17, 15) is 14.9 Å². The Bertz CT molecular complexity index is 892. The topological polar surface area (TPSA) is 109 Å². The predicted molar refractivity (Wildman–Crippen MR) is 110 cm³/mol. The molecule has 2 aromatic carbocycles. The fourth-order valence-corrected chi connectivity index (χ4v) is 2.95. The zero-order valence-electron chi connectivity index (χ0n) is 13.9. The molecule has 2 atom stereocenters. The van der Waals surface area contributed by atoms with Crippen LogP contribution in [0.4, 0.5) is 0 Å². The number of hydrogen-bond acceptors (Lipinski definition) is 4. The molecule has 0 N–H and O–H groups in total. The molecule has 0 amide bonds. The Morgan fingerprint density at radius 1 is 1.15 bits per heavy atom. The molecule has 0 radical (unpaired) electrons. The highest BCUT2D eigenvalue weighted by molar-refractivity contribution is 9.10. The number of hydrogen-bond donors (Lipinski definition) is 0. The van der Waals surface area contributed by atoms with E-state index in [-0.39, 0.29) is 0 Å². The number of carbonyl (C=O) groups is 1. The Kier molecular flexibility index (Phi) is 7.72. The second-order valence-electron chi connectivity index (χ2n) is 5.61. The summed E-state index contributed by atoms with van der Waals surface area (Å²) < 4.78 is 1.69. The minimum Gasteiger partial charge on any atom is -0.294 e. The lowest BCUT2D eigenvalue weighted by atomic mass is 9.92. The number of carbonyl (C=O) groups excluding carboxylic acids is 1. The molecule has 0 bridgehead atoms. The number of nitro groups is 1. The van der Waals surface area contributed by atoms with Gasteiger partial charge in [0, 0.05) is 24.3 Å². The van der Waals surface area contributed by atoms with Crippen molar-refractivity contribution >= 4 is 43.7 Å². The van der Waals surface area contributed by atoms with Crippen LogP contribution in [0.15, 0.2) is 68.7 Å². The van der Waals surface area contributed by atoms with Gasteiger partial charge < -0.3 is 0 Å². The Morgan fingerprint density at radius 2 is 1.70 bits per heavy atom. The number of azide groups is 1. The van der Waals surface area contributed by atoms with Gasteiger partial charge in [0.1, 0.15) is 6.04 Å². The van der Waals surface area contributed by atoms with E-state index in [0.717, 1.165) is 14.5 Å². The predicted octanol–water partition coefficient (Wildman–Crippen LogP) is 5.68. The molecular weight excluding hydrogens is 480 g/mol. The third kappa shape index (κ3) is 6.32. The van der Waals surface area contributed by atoms with Crippen molar-refractivity contribution in [3.63, 3.8) is 0 Å². The number of benzene rings is 2. The maximum Gasteiger partial charge on any atom is 0.210 e. The van der Waals surface area contributed by atoms with Crippen LogP contribution in [-0.4, -0.2) is 23.3 Å². The normalized spacial score (nSPS) is 13.0. The summed E-state index contributed by atoms with van der Waals surface area (Å²) >= 11 is 6.62. The van der Waals surface area contributed by atoms with Gasteiger partial charge in [0.15, 0.2) is 5.78 Å². The maximum absolute atomic E-state index is 12.8. The van der Waals surface area contributed by atoms with Crippen molar-refractivity contribution in [3.8, 4) is 0 Å². The van der Waals surface area contributed by atoms with Gasteiger partial charge >= 0.3 is 0 Å². The molecule has 0 aliphatic rings. The molecule has 0 fully saturated rings. The lowest BCUT2D eigenvalue weighted by molar-refractivity contribution is -0.486. The summed E-state index contributed by atoms with van der Waals surface area (Å²) in [5, 5.41) is 14.7. The maximum atomic E-state index is 12.8. The summed E-state index contributed by atoms with van der Waals surface area (Å²) in [5.74, 6) is -1.34. The van der Waals surface area contributed by atoms with Crippen LogP contribution in [-0.2, 0) is 0 Å². The second-order valence-corrected chi connectivity index (χ2v) is 7.44. The highest BCUT2D eigenvalue weighted by Gasteiger charge is 2.30. The molecule has 0 heterocycles. The van der Waals surface area contributed by atoms with Gasteiger partial charge in [0.05, 0.1) is 5.92 Å². The van der Waals surface area contributed by atoms with Gasteiger partial charge in [-0.3, -0.25) is 14.9 Å². The number of rotatable bonds is 8. The van der Waals surface area contributed by atoms with Crippen LogP contribution < -0.4 is 0 Å². The standard InChI is InChI=1S/C18H14Br2N4O3/c19-15-7-2-12(3-8-15)1-4-14(11-24(26)27)17(22-23-21)18(25)13-5-9-16(20)10-6-13/h1-10,14,17H,11H2/b4-1+/t14-,17-/m0/s1. The molecular formula is C18H14Br2N4O3. The van der Waals surface area contributed by atoms with Crippen molar-refractivity contribution in [2.24, 2.45) is 11.0 Å². The lowest BCUT2D eigenvalue weighted by Gasteiger charge is -2.16. The molecule has 27 heavy (non-hydrogen) atoms. The van der Waals surface area contributed by atoms with E-state index < -0.39 is 29.2 Å². The Balaban J connectivity index is 2.35. The molecule has 0 aromatic heterocycles. The van der Waals surface area contributed by atoms with Crippen LogP contribution in [0, 0.1) is 16.0 Å². The van der Waals surface area contributed by atoms with Gasteiger partial charge in [0.25, 0.3) is 0 Å². The van der Waals surface area contributed by atoms with Crippen LogP contribution in [0.3, 0.4) is 0 Å². The molecule has 9 heteroatoms. The van der Waals surface area contributed by atoms with Crippen molar-refractivity contribution in [2.75, 3.05) is 6.54 Å². The fraction of sp³-hybridized carbons (Fsp3) is 0.167. The summed E-state index contributed by atoms with van der Waals surface area (Å²) in [5.41, 5.74) is 10.0. The zero-order chi connectivity index (χ0) is 19.8. The molecule has 2 rings (SSSR count). The molecule has 0 aliphatic carbocycles. The molecule has 2 aromatic rings. The van der Waals surface area contributed by atoms with Crippen LogP contribution in [0.2, 0.25) is 0 Å². The van der Waals surface area contributed by atoms with Crippen LogP contribution in [0.25, 0.3) is 16.5 Å². The molecule has 0 saturated carbocycles. The first-order valence-corrected chi connectivity index (χ1v) is 9.39. The second kappa shape index (κ2) is 10.0. The van der Waals surface area contributed by atoms with Gasteiger partial charge in [-0.25, -0.2) is 0 Å². The summed E-state index contributed by atoms with van der Waals surface area (Å²) in [6.45, 7) is -0.529. The molecule has 0 saturated heterocycles. The number of nitrogens with zero attached hydrogens (tertiary/aromatic N) is 4. The van der Waals surface area contributed by atoms with Gasteiger partial charge in [-0.1, -0.05) is 73.4 Å². The highest BCUT2D eigenvalue weighted by Crippen LogP contribution is 2.20. The number of ketones is 1. The van der Waals surface area contributed by atoms with Crippen molar-refractivity contribution in [3.05, 3.63) is 95.2 Å². The van der Waals surface area contributed by atoms with E-state index in [4.69, 9.17) is 5.53 Å². The SMILES string of the molecule is [N-]=[N+]=N[C@H](C(=O)c1ccc(Br)cc1)[C@@H](/C=C/c1ccc(Br)cc1)C[N+](=O)[O-]. The van der Waals surface area contributed by atoms with E-state index in [2.05, 4.69) is 41.9 Å². The first-order valence-electron chi connectivity index (χ1n) is 7.80. The van der Waals surface area contributed by atoms with E-state index in [1.165, 1.54) is 0 Å². The van der Waals surface area contributed by atoms with E-state index in [1.54, 1.807) is 36.4 Å². The quantitative estimate of drug-likeness (QED) is 0.118. The number of Topliss-reactive ketones (excluding diaryl/α,β-unsaturated/α-hetero) is 1. The van der Waals surface area contributed by atoms with E-state index in [0.29, 0.717) is 5.56 Å². The number of halogens is 2. The summed E-state index contributed by atoms with van der Waals surface area (Å²) in [6, 6.07) is 12.6. The Labute approximate surface area is 172 Å². The monoisotopic (exact) mass is 492 g/mol. The lowest BCUT2D eigenvalue weighted by Crippen LogP contribution is -2.31. The van der Waals surface area contributed by atoms with Crippen molar-refractivity contribution in [2.45, 2.75) is 6.04 Å².